The average molecular weight is 257 g/mol. The molecule has 1 saturated heterocycles. The molecule has 2 rings (SSSR count). The van der Waals surface area contributed by atoms with Crippen LogP contribution in [0.25, 0.3) is 0 Å². The zero-order valence-electron chi connectivity index (χ0n) is 9.89. The van der Waals surface area contributed by atoms with Gasteiger partial charge in [0.1, 0.15) is 0 Å². The predicted octanol–water partition coefficient (Wildman–Crippen LogP) is 1.26. The molecule has 1 aliphatic heterocycles. The predicted molar refractivity (Wildman–Crippen MR) is 61.9 cm³/mol. The van der Waals surface area contributed by atoms with Crippen molar-refractivity contribution in [2.45, 2.75) is 32.1 Å². The molecular weight excluding hydrogens is 242 g/mol. The lowest BCUT2D eigenvalue weighted by Crippen LogP contribution is -2.37. The van der Waals surface area contributed by atoms with Crippen LogP contribution in [0.4, 0.5) is 0 Å². The van der Waals surface area contributed by atoms with Crippen LogP contribution in [0.5, 0.6) is 0 Å². The average Bonchev–Trinajstić information content (AvgIpc) is 2.58. The lowest BCUT2D eigenvalue weighted by Gasteiger charge is -2.29. The van der Waals surface area contributed by atoms with Gasteiger partial charge in [-0.25, -0.2) is 13.4 Å². The first-order valence-corrected chi connectivity index (χ1v) is 7.32. The van der Waals surface area contributed by atoms with Gasteiger partial charge in [0.15, 0.2) is 21.9 Å². The van der Waals surface area contributed by atoms with Crippen LogP contribution >= 0.6 is 0 Å². The van der Waals surface area contributed by atoms with E-state index in [2.05, 4.69) is 4.98 Å². The molecule has 0 amide bonds. The molecule has 0 aliphatic carbocycles. The highest BCUT2D eigenvalue weighted by atomic mass is 32.2. The maximum atomic E-state index is 11.7. The largest absolute Gasteiger partial charge is 0.437 e. The molecule has 0 spiro atoms. The summed E-state index contributed by atoms with van der Waals surface area (Å²) in [6.07, 6.45) is 1.92. The van der Waals surface area contributed by atoms with E-state index in [-0.39, 0.29) is 17.3 Å². The Morgan fingerprint density at radius 1 is 1.47 bits per heavy atom. The minimum atomic E-state index is -3.04. The Balaban J connectivity index is 2.40. The van der Waals surface area contributed by atoms with Crippen LogP contribution in [0.1, 0.15) is 41.9 Å². The lowest BCUT2D eigenvalue weighted by atomic mass is 9.87. The highest BCUT2D eigenvalue weighted by molar-refractivity contribution is 7.91. The van der Waals surface area contributed by atoms with Crippen LogP contribution in [0.2, 0.25) is 0 Å². The summed E-state index contributed by atoms with van der Waals surface area (Å²) in [4.78, 5) is 14.9. The van der Waals surface area contributed by atoms with Crippen molar-refractivity contribution in [2.24, 2.45) is 0 Å². The number of nitrogens with zero attached hydrogens (tertiary/aromatic N) is 1. The van der Waals surface area contributed by atoms with E-state index in [1.807, 2.05) is 6.92 Å². The van der Waals surface area contributed by atoms with Crippen LogP contribution in [-0.4, -0.2) is 31.2 Å². The topological polar surface area (TPSA) is 77.2 Å². The number of oxazole rings is 1. The van der Waals surface area contributed by atoms with E-state index in [1.165, 1.54) is 0 Å². The van der Waals surface area contributed by atoms with Gasteiger partial charge in [-0.3, -0.25) is 4.79 Å². The van der Waals surface area contributed by atoms with Gasteiger partial charge >= 0.3 is 0 Å². The first-order valence-electron chi connectivity index (χ1n) is 5.50. The van der Waals surface area contributed by atoms with Gasteiger partial charge in [-0.05, 0) is 26.7 Å². The first kappa shape index (κ1) is 12.3. The number of sulfone groups is 1. The van der Waals surface area contributed by atoms with Crippen molar-refractivity contribution < 1.29 is 17.6 Å². The molecule has 0 bridgehead atoms. The second-order valence-electron chi connectivity index (χ2n) is 4.84. The number of hydrogen-bond donors (Lipinski definition) is 0. The number of aryl methyl sites for hydroxylation is 1. The fourth-order valence-electron chi connectivity index (χ4n) is 2.26. The highest BCUT2D eigenvalue weighted by Gasteiger charge is 2.40. The van der Waals surface area contributed by atoms with Crippen molar-refractivity contribution in [3.8, 4) is 0 Å². The van der Waals surface area contributed by atoms with Gasteiger partial charge in [-0.15, -0.1) is 0 Å². The minimum absolute atomic E-state index is 0.0399. The summed E-state index contributed by atoms with van der Waals surface area (Å²) in [5.41, 5.74) is -0.0949. The SMILES string of the molecule is Cc1nc(C2(C)CCCS(=O)(=O)C2)oc1C=O. The summed E-state index contributed by atoms with van der Waals surface area (Å²) in [5.74, 6) is 0.811. The lowest BCUT2D eigenvalue weighted by molar-refractivity contribution is 0.109. The Bertz CT molecular complexity index is 546. The van der Waals surface area contributed by atoms with Crippen LogP contribution < -0.4 is 0 Å². The quantitative estimate of drug-likeness (QED) is 0.745. The standard InChI is InChI=1S/C11H15NO4S/c1-8-9(6-13)16-10(12-8)11(2)4-3-5-17(14,15)7-11/h6H,3-5,7H2,1-2H3. The Hall–Kier alpha value is -1.17. The molecule has 0 saturated carbocycles. The Labute approximate surface area is 100 Å². The number of carbonyl (C=O) groups is 1. The van der Waals surface area contributed by atoms with E-state index in [4.69, 9.17) is 4.42 Å². The fraction of sp³-hybridized carbons (Fsp3) is 0.636. The summed E-state index contributed by atoms with van der Waals surface area (Å²) < 4.78 is 28.7. The van der Waals surface area contributed by atoms with Crippen LogP contribution in [0.3, 0.4) is 0 Å². The molecule has 0 aromatic carbocycles. The maximum Gasteiger partial charge on any atom is 0.202 e. The van der Waals surface area contributed by atoms with Crippen molar-refractivity contribution in [2.75, 3.05) is 11.5 Å². The Morgan fingerprint density at radius 3 is 2.71 bits per heavy atom. The molecule has 1 atom stereocenters. The van der Waals surface area contributed by atoms with Gasteiger partial charge < -0.3 is 4.42 Å². The van der Waals surface area contributed by atoms with E-state index < -0.39 is 15.3 Å². The molecule has 5 nitrogen and oxygen atoms in total. The third kappa shape index (κ3) is 2.26. The zero-order valence-corrected chi connectivity index (χ0v) is 10.7. The molecule has 1 aromatic rings. The molecule has 1 aliphatic rings. The molecule has 0 N–H and O–H groups in total. The summed E-state index contributed by atoms with van der Waals surface area (Å²) in [5, 5.41) is 0. The maximum absolute atomic E-state index is 11.7. The van der Waals surface area contributed by atoms with Crippen molar-refractivity contribution in [1.29, 1.82) is 0 Å². The molecule has 17 heavy (non-hydrogen) atoms. The smallest absolute Gasteiger partial charge is 0.202 e. The molecular formula is C11H15NO4S. The second-order valence-corrected chi connectivity index (χ2v) is 7.03. The Morgan fingerprint density at radius 2 is 2.18 bits per heavy atom. The van der Waals surface area contributed by atoms with Gasteiger partial charge in [-0.1, -0.05) is 0 Å². The molecule has 1 fully saturated rings. The number of aromatic nitrogens is 1. The van der Waals surface area contributed by atoms with Crippen molar-refractivity contribution in [3.05, 3.63) is 17.3 Å². The molecule has 6 heteroatoms. The van der Waals surface area contributed by atoms with Gasteiger partial charge in [0.25, 0.3) is 0 Å². The van der Waals surface area contributed by atoms with Gasteiger partial charge in [0.2, 0.25) is 5.89 Å². The molecule has 94 valence electrons. The van der Waals surface area contributed by atoms with Crippen LogP contribution in [0.15, 0.2) is 4.42 Å². The van der Waals surface area contributed by atoms with E-state index in [0.29, 0.717) is 30.7 Å². The van der Waals surface area contributed by atoms with E-state index >= 15 is 0 Å². The number of hydrogen-bond acceptors (Lipinski definition) is 5. The van der Waals surface area contributed by atoms with E-state index in [1.54, 1.807) is 6.92 Å². The van der Waals surface area contributed by atoms with Crippen LogP contribution in [0, 0.1) is 6.92 Å². The second kappa shape index (κ2) is 3.94. The molecule has 0 radical (unpaired) electrons. The number of rotatable bonds is 2. The number of aldehydes is 1. The fourth-order valence-corrected chi connectivity index (χ4v) is 4.22. The van der Waals surface area contributed by atoms with Crippen LogP contribution in [-0.2, 0) is 15.3 Å². The summed E-state index contributed by atoms with van der Waals surface area (Å²) in [7, 11) is -3.04. The molecule has 1 aromatic heterocycles. The first-order chi connectivity index (χ1) is 7.86. The monoisotopic (exact) mass is 257 g/mol. The van der Waals surface area contributed by atoms with Crippen molar-refractivity contribution in [1.82, 2.24) is 4.98 Å². The Kier molecular flexibility index (Phi) is 2.85. The summed E-state index contributed by atoms with van der Waals surface area (Å²) >= 11 is 0. The van der Waals surface area contributed by atoms with Crippen molar-refractivity contribution in [3.63, 3.8) is 0 Å². The third-order valence-electron chi connectivity index (χ3n) is 3.18. The number of carbonyl (C=O) groups excluding carboxylic acids is 1. The van der Waals surface area contributed by atoms with E-state index in [9.17, 15) is 13.2 Å². The van der Waals surface area contributed by atoms with Gasteiger partial charge in [-0.2, -0.15) is 0 Å². The van der Waals surface area contributed by atoms with E-state index in [0.717, 1.165) is 0 Å². The summed E-state index contributed by atoms with van der Waals surface area (Å²) in [6, 6.07) is 0. The van der Waals surface area contributed by atoms with Gasteiger partial charge in [0.05, 0.1) is 22.6 Å². The zero-order chi connectivity index (χ0) is 12.7. The normalized spacial score (nSPS) is 27.9. The highest BCUT2D eigenvalue weighted by Crippen LogP contribution is 2.34. The molecule has 1 unspecified atom stereocenters. The third-order valence-corrected chi connectivity index (χ3v) is 5.17. The minimum Gasteiger partial charge on any atom is -0.437 e. The molecule has 2 heterocycles. The summed E-state index contributed by atoms with van der Waals surface area (Å²) in [6.45, 7) is 3.50. The van der Waals surface area contributed by atoms with Crippen molar-refractivity contribution >= 4 is 16.1 Å². The van der Waals surface area contributed by atoms with Gasteiger partial charge in [0, 0.05) is 0 Å².